The molecule has 8 nitrogen and oxygen atoms in total. The van der Waals surface area contributed by atoms with Gasteiger partial charge in [0.25, 0.3) is 0 Å². The van der Waals surface area contributed by atoms with Crippen molar-refractivity contribution in [2.24, 2.45) is 0 Å². The van der Waals surface area contributed by atoms with Crippen LogP contribution in [0.4, 0.5) is 4.79 Å². The van der Waals surface area contributed by atoms with Gasteiger partial charge in [0.2, 0.25) is 11.8 Å². The van der Waals surface area contributed by atoms with Gasteiger partial charge in [-0.1, -0.05) is 31.9 Å². The summed E-state index contributed by atoms with van der Waals surface area (Å²) < 4.78 is 5.30. The number of thiol groups is 1. The van der Waals surface area contributed by atoms with Gasteiger partial charge >= 0.3 is 6.09 Å². The van der Waals surface area contributed by atoms with Gasteiger partial charge in [-0.3, -0.25) is 9.59 Å². The summed E-state index contributed by atoms with van der Waals surface area (Å²) in [6, 6.07) is 4.17. The SMILES string of the molecule is CCCCCN(C(=O)C(CS)NC(=O)OC(C)(C)C)C(C(=O)NC(C)C)c1ccc(O)cc1. The minimum absolute atomic E-state index is 0.0381. The topological polar surface area (TPSA) is 108 Å². The Bertz CT molecular complexity index is 777. The number of ether oxygens (including phenoxy) is 1. The summed E-state index contributed by atoms with van der Waals surface area (Å²) in [7, 11) is 0. The molecule has 9 heteroatoms. The third-order valence-electron chi connectivity index (χ3n) is 4.66. The molecular weight excluding hydrogens is 442 g/mol. The molecule has 1 aromatic carbocycles. The molecule has 0 saturated carbocycles. The van der Waals surface area contributed by atoms with Crippen molar-refractivity contribution < 1.29 is 24.2 Å². The lowest BCUT2D eigenvalue weighted by Crippen LogP contribution is -2.54. The molecule has 0 saturated heterocycles. The van der Waals surface area contributed by atoms with Crippen molar-refractivity contribution in [3.05, 3.63) is 29.8 Å². The van der Waals surface area contributed by atoms with E-state index < -0.39 is 29.7 Å². The van der Waals surface area contributed by atoms with E-state index in [0.717, 1.165) is 12.8 Å². The molecule has 0 aliphatic heterocycles. The molecule has 0 radical (unpaired) electrons. The van der Waals surface area contributed by atoms with Crippen molar-refractivity contribution in [3.8, 4) is 5.75 Å². The monoisotopic (exact) mass is 481 g/mol. The highest BCUT2D eigenvalue weighted by atomic mass is 32.1. The minimum Gasteiger partial charge on any atom is -0.508 e. The van der Waals surface area contributed by atoms with E-state index in [-0.39, 0.29) is 23.5 Å². The van der Waals surface area contributed by atoms with Crippen molar-refractivity contribution >= 4 is 30.5 Å². The van der Waals surface area contributed by atoms with Crippen LogP contribution >= 0.6 is 12.6 Å². The Balaban J connectivity index is 3.33. The zero-order chi connectivity index (χ0) is 25.2. The largest absolute Gasteiger partial charge is 0.508 e. The van der Waals surface area contributed by atoms with Crippen LogP contribution in [-0.2, 0) is 14.3 Å². The van der Waals surface area contributed by atoms with Crippen LogP contribution < -0.4 is 10.6 Å². The van der Waals surface area contributed by atoms with Crippen LogP contribution in [0.25, 0.3) is 0 Å². The third kappa shape index (κ3) is 9.94. The van der Waals surface area contributed by atoms with E-state index >= 15 is 0 Å². The number of carbonyl (C=O) groups excluding carboxylic acids is 3. The Morgan fingerprint density at radius 2 is 1.70 bits per heavy atom. The van der Waals surface area contributed by atoms with Gasteiger partial charge in [0.15, 0.2) is 0 Å². The van der Waals surface area contributed by atoms with Gasteiger partial charge in [0.1, 0.15) is 23.4 Å². The summed E-state index contributed by atoms with van der Waals surface area (Å²) in [5.74, 6) is -0.665. The van der Waals surface area contributed by atoms with Crippen LogP contribution in [-0.4, -0.2) is 57.9 Å². The third-order valence-corrected chi connectivity index (χ3v) is 5.02. The van der Waals surface area contributed by atoms with Crippen LogP contribution in [0.2, 0.25) is 0 Å². The van der Waals surface area contributed by atoms with Gasteiger partial charge in [-0.15, -0.1) is 0 Å². The molecule has 0 aliphatic rings. The number of hydrogen-bond acceptors (Lipinski definition) is 6. The zero-order valence-electron chi connectivity index (χ0n) is 20.6. The maximum atomic E-state index is 13.6. The average Bonchev–Trinajstić information content (AvgIpc) is 2.70. The summed E-state index contributed by atoms with van der Waals surface area (Å²) >= 11 is 4.27. The number of rotatable bonds is 11. The molecule has 0 fully saturated rings. The Morgan fingerprint density at radius 1 is 1.09 bits per heavy atom. The van der Waals surface area contributed by atoms with Gasteiger partial charge in [-0.05, 0) is 58.7 Å². The van der Waals surface area contributed by atoms with Gasteiger partial charge in [-0.25, -0.2) is 4.79 Å². The average molecular weight is 482 g/mol. The molecule has 33 heavy (non-hydrogen) atoms. The Labute approximate surface area is 202 Å². The smallest absolute Gasteiger partial charge is 0.408 e. The number of aromatic hydroxyl groups is 1. The first-order valence-electron chi connectivity index (χ1n) is 11.4. The fourth-order valence-corrected chi connectivity index (χ4v) is 3.47. The van der Waals surface area contributed by atoms with E-state index in [2.05, 4.69) is 30.2 Å². The lowest BCUT2D eigenvalue weighted by Gasteiger charge is -2.34. The van der Waals surface area contributed by atoms with Crippen molar-refractivity contribution in [3.63, 3.8) is 0 Å². The standard InChI is InChI=1S/C24H39N3O5S/c1-7-8-9-14-27(22(30)19(15-33)26-23(31)32-24(4,5)6)20(21(29)25-16(2)3)17-10-12-18(28)13-11-17/h10-13,16,19-20,28,33H,7-9,14-15H2,1-6H3,(H,25,29)(H,26,31). The van der Waals surface area contributed by atoms with Crippen molar-refractivity contribution in [2.45, 2.75) is 84.5 Å². The number of phenolic OH excluding ortho intramolecular Hbond substituents is 1. The predicted molar refractivity (Wildman–Crippen MR) is 132 cm³/mol. The number of benzene rings is 1. The van der Waals surface area contributed by atoms with Crippen LogP contribution in [0.3, 0.4) is 0 Å². The molecule has 2 atom stereocenters. The number of nitrogens with zero attached hydrogens (tertiary/aromatic N) is 1. The number of unbranched alkanes of at least 4 members (excludes halogenated alkanes) is 2. The number of amides is 3. The number of alkyl carbamates (subject to hydrolysis) is 1. The molecule has 186 valence electrons. The highest BCUT2D eigenvalue weighted by molar-refractivity contribution is 7.80. The second kappa shape index (κ2) is 13.3. The molecule has 0 aliphatic carbocycles. The molecule has 2 unspecified atom stereocenters. The quantitative estimate of drug-likeness (QED) is 0.284. The second-order valence-corrected chi connectivity index (χ2v) is 9.64. The van der Waals surface area contributed by atoms with Gasteiger partial charge < -0.3 is 25.4 Å². The Hall–Kier alpha value is -2.42. The van der Waals surface area contributed by atoms with Crippen molar-refractivity contribution in [1.82, 2.24) is 15.5 Å². The zero-order valence-corrected chi connectivity index (χ0v) is 21.4. The first-order valence-corrected chi connectivity index (χ1v) is 12.0. The van der Waals surface area contributed by atoms with E-state index in [4.69, 9.17) is 4.74 Å². The number of nitrogens with one attached hydrogen (secondary N) is 2. The van der Waals surface area contributed by atoms with Crippen molar-refractivity contribution in [2.75, 3.05) is 12.3 Å². The summed E-state index contributed by atoms with van der Waals surface area (Å²) in [4.78, 5) is 40.7. The van der Waals surface area contributed by atoms with E-state index in [1.807, 2.05) is 13.8 Å². The molecule has 1 aromatic rings. The molecule has 0 bridgehead atoms. The van der Waals surface area contributed by atoms with Gasteiger partial charge in [-0.2, -0.15) is 12.6 Å². The molecule has 1 rings (SSSR count). The van der Waals surface area contributed by atoms with Crippen molar-refractivity contribution in [1.29, 1.82) is 0 Å². The molecule has 3 amide bonds. The maximum absolute atomic E-state index is 13.6. The fraction of sp³-hybridized carbons (Fsp3) is 0.625. The maximum Gasteiger partial charge on any atom is 0.408 e. The molecule has 3 N–H and O–H groups in total. The summed E-state index contributed by atoms with van der Waals surface area (Å²) in [6.45, 7) is 11.3. The molecule has 0 heterocycles. The highest BCUT2D eigenvalue weighted by Crippen LogP contribution is 2.25. The van der Waals surface area contributed by atoms with E-state index in [1.54, 1.807) is 32.9 Å². The summed E-state index contributed by atoms with van der Waals surface area (Å²) in [5, 5.41) is 15.2. The first-order chi connectivity index (χ1) is 15.4. The minimum atomic E-state index is -0.976. The Kier molecular flexibility index (Phi) is 11.6. The summed E-state index contributed by atoms with van der Waals surface area (Å²) in [5.41, 5.74) is -0.160. The van der Waals surface area contributed by atoms with E-state index in [0.29, 0.717) is 18.5 Å². The van der Waals surface area contributed by atoms with Gasteiger partial charge in [0.05, 0.1) is 0 Å². The van der Waals surface area contributed by atoms with Crippen LogP contribution in [0.15, 0.2) is 24.3 Å². The summed E-state index contributed by atoms with van der Waals surface area (Å²) in [6.07, 6.45) is 1.78. The predicted octanol–water partition coefficient (Wildman–Crippen LogP) is 3.80. The number of phenols is 1. The lowest BCUT2D eigenvalue weighted by molar-refractivity contribution is -0.142. The van der Waals surface area contributed by atoms with Gasteiger partial charge in [0, 0.05) is 18.3 Å². The van der Waals surface area contributed by atoms with Crippen LogP contribution in [0.1, 0.15) is 72.4 Å². The second-order valence-electron chi connectivity index (χ2n) is 9.28. The van der Waals surface area contributed by atoms with E-state index in [1.165, 1.54) is 17.0 Å². The van der Waals surface area contributed by atoms with Crippen LogP contribution in [0.5, 0.6) is 5.75 Å². The molecule has 0 aromatic heterocycles. The first kappa shape index (κ1) is 28.6. The fourth-order valence-electron chi connectivity index (χ4n) is 3.23. The van der Waals surface area contributed by atoms with E-state index in [9.17, 15) is 19.5 Å². The Morgan fingerprint density at radius 3 is 2.18 bits per heavy atom. The molecule has 0 spiro atoms. The number of hydrogen-bond donors (Lipinski definition) is 4. The highest BCUT2D eigenvalue weighted by Gasteiger charge is 2.35. The number of carbonyl (C=O) groups is 3. The molecular formula is C24H39N3O5S. The van der Waals surface area contributed by atoms with Crippen LogP contribution in [0, 0.1) is 0 Å². The lowest BCUT2D eigenvalue weighted by atomic mass is 10.0. The normalized spacial score (nSPS) is 13.2.